The first-order chi connectivity index (χ1) is 20.2. The summed E-state index contributed by atoms with van der Waals surface area (Å²) >= 11 is 0. The van der Waals surface area contributed by atoms with Crippen LogP contribution in [0.3, 0.4) is 0 Å². The third-order valence-electron chi connectivity index (χ3n) is 7.91. The Morgan fingerprint density at radius 3 is 2.10 bits per heavy atom. The van der Waals surface area contributed by atoms with E-state index in [4.69, 9.17) is 4.74 Å². The molecule has 3 aromatic carbocycles. The Morgan fingerprint density at radius 1 is 0.905 bits per heavy atom. The van der Waals surface area contributed by atoms with Gasteiger partial charge in [0.15, 0.2) is 5.78 Å². The van der Waals surface area contributed by atoms with E-state index in [1.807, 2.05) is 39.0 Å². The van der Waals surface area contributed by atoms with Crippen molar-refractivity contribution in [3.8, 4) is 0 Å². The van der Waals surface area contributed by atoms with Gasteiger partial charge in [-0.25, -0.2) is 4.79 Å². The van der Waals surface area contributed by atoms with E-state index in [0.29, 0.717) is 18.0 Å². The standard InChI is InChI=1S/C37H46N2O3/c1-37(2,3)42-36(41)38(4)24-23-34(27-30-11-7-5-8-12-30)32-16-18-33(19-17-32)35(40)20-15-29-21-25-39(26-22-29)28-31-13-9-6-10-14-31/h5-20,29,34H,21-28H2,1-4H3. The van der Waals surface area contributed by atoms with Gasteiger partial charge in [-0.2, -0.15) is 0 Å². The summed E-state index contributed by atoms with van der Waals surface area (Å²) in [5.41, 5.74) is 3.96. The Balaban J connectivity index is 1.33. The molecular weight excluding hydrogens is 520 g/mol. The van der Waals surface area contributed by atoms with Crippen LogP contribution in [0, 0.1) is 5.92 Å². The van der Waals surface area contributed by atoms with E-state index in [2.05, 4.69) is 77.7 Å². The van der Waals surface area contributed by atoms with Crippen molar-refractivity contribution < 1.29 is 14.3 Å². The molecule has 1 aliphatic heterocycles. The molecule has 1 amide bonds. The van der Waals surface area contributed by atoms with Crippen LogP contribution in [-0.4, -0.2) is 54.0 Å². The van der Waals surface area contributed by atoms with Crippen molar-refractivity contribution in [2.75, 3.05) is 26.7 Å². The SMILES string of the molecule is CN(CCC(Cc1ccccc1)c1ccc(C(=O)C=CC2CCN(Cc3ccccc3)CC2)cc1)C(=O)OC(C)(C)C. The van der Waals surface area contributed by atoms with Gasteiger partial charge in [-0.05, 0) is 94.1 Å². The molecule has 5 heteroatoms. The predicted molar refractivity (Wildman–Crippen MR) is 171 cm³/mol. The van der Waals surface area contributed by atoms with Crippen molar-refractivity contribution in [3.05, 3.63) is 119 Å². The van der Waals surface area contributed by atoms with E-state index in [9.17, 15) is 9.59 Å². The molecule has 1 atom stereocenters. The van der Waals surface area contributed by atoms with Crippen molar-refractivity contribution in [1.82, 2.24) is 9.80 Å². The van der Waals surface area contributed by atoms with Crippen LogP contribution in [0.2, 0.25) is 0 Å². The number of carbonyl (C=O) groups is 2. The van der Waals surface area contributed by atoms with Crippen molar-refractivity contribution >= 4 is 11.9 Å². The normalized spacial score (nSPS) is 15.4. The van der Waals surface area contributed by atoms with E-state index in [-0.39, 0.29) is 17.8 Å². The third-order valence-corrected chi connectivity index (χ3v) is 7.91. The van der Waals surface area contributed by atoms with E-state index < -0.39 is 5.60 Å². The highest BCUT2D eigenvalue weighted by Gasteiger charge is 2.22. The van der Waals surface area contributed by atoms with Crippen LogP contribution in [0.25, 0.3) is 0 Å². The van der Waals surface area contributed by atoms with Gasteiger partial charge in [-0.3, -0.25) is 9.69 Å². The van der Waals surface area contributed by atoms with Gasteiger partial charge in [0.25, 0.3) is 0 Å². The molecule has 1 saturated heterocycles. The van der Waals surface area contributed by atoms with Gasteiger partial charge in [0.05, 0.1) is 0 Å². The number of hydrogen-bond donors (Lipinski definition) is 0. The average molecular weight is 567 g/mol. The summed E-state index contributed by atoms with van der Waals surface area (Å²) in [4.78, 5) is 29.7. The van der Waals surface area contributed by atoms with Crippen molar-refractivity contribution in [2.45, 2.75) is 64.5 Å². The van der Waals surface area contributed by atoms with E-state index >= 15 is 0 Å². The van der Waals surface area contributed by atoms with E-state index in [1.54, 1.807) is 18.0 Å². The largest absolute Gasteiger partial charge is 0.444 e. The predicted octanol–water partition coefficient (Wildman–Crippen LogP) is 7.92. The molecule has 1 unspecified atom stereocenters. The number of likely N-dealkylation sites (tertiary alicyclic amines) is 1. The van der Waals surface area contributed by atoms with Gasteiger partial charge >= 0.3 is 6.09 Å². The summed E-state index contributed by atoms with van der Waals surface area (Å²) in [7, 11) is 1.79. The third kappa shape index (κ3) is 9.99. The average Bonchev–Trinajstić information content (AvgIpc) is 2.99. The number of piperidine rings is 1. The molecular formula is C37H46N2O3. The number of amides is 1. The topological polar surface area (TPSA) is 49.9 Å². The minimum absolute atomic E-state index is 0.0533. The summed E-state index contributed by atoms with van der Waals surface area (Å²) in [5.74, 6) is 0.702. The fraction of sp³-hybridized carbons (Fsp3) is 0.405. The lowest BCUT2D eigenvalue weighted by Crippen LogP contribution is -2.35. The zero-order valence-electron chi connectivity index (χ0n) is 25.7. The van der Waals surface area contributed by atoms with Gasteiger partial charge in [-0.1, -0.05) is 91.0 Å². The number of rotatable bonds is 11. The summed E-state index contributed by atoms with van der Waals surface area (Å²) in [6.45, 7) is 9.32. The molecule has 42 heavy (non-hydrogen) atoms. The van der Waals surface area contributed by atoms with Gasteiger partial charge in [0, 0.05) is 25.7 Å². The smallest absolute Gasteiger partial charge is 0.410 e. The maximum atomic E-state index is 13.0. The maximum Gasteiger partial charge on any atom is 0.410 e. The second-order valence-electron chi connectivity index (χ2n) is 12.5. The van der Waals surface area contributed by atoms with Crippen LogP contribution in [-0.2, 0) is 17.7 Å². The van der Waals surface area contributed by atoms with Gasteiger partial charge in [0.1, 0.15) is 5.60 Å². The molecule has 1 aliphatic rings. The zero-order valence-corrected chi connectivity index (χ0v) is 25.7. The molecule has 0 radical (unpaired) electrons. The first-order valence-electron chi connectivity index (χ1n) is 15.2. The lowest BCUT2D eigenvalue weighted by Gasteiger charge is -2.30. The Morgan fingerprint density at radius 2 is 1.50 bits per heavy atom. The Bertz CT molecular complexity index is 1290. The molecule has 222 valence electrons. The molecule has 3 aromatic rings. The molecule has 0 saturated carbocycles. The molecule has 0 spiro atoms. The first-order valence-corrected chi connectivity index (χ1v) is 15.2. The number of ether oxygens (including phenoxy) is 1. The summed E-state index contributed by atoms with van der Waals surface area (Å²) in [5, 5.41) is 0. The summed E-state index contributed by atoms with van der Waals surface area (Å²) < 4.78 is 5.53. The van der Waals surface area contributed by atoms with E-state index in [1.165, 1.54) is 16.7 Å². The number of allylic oxidation sites excluding steroid dienone is 2. The molecule has 0 aliphatic carbocycles. The molecule has 1 heterocycles. The van der Waals surface area contributed by atoms with Crippen LogP contribution < -0.4 is 0 Å². The second kappa shape index (κ2) is 15.0. The van der Waals surface area contributed by atoms with Gasteiger partial charge in [-0.15, -0.1) is 0 Å². The zero-order chi connectivity index (χ0) is 30.0. The van der Waals surface area contributed by atoms with Crippen LogP contribution in [0.5, 0.6) is 0 Å². The van der Waals surface area contributed by atoms with Crippen LogP contribution >= 0.6 is 0 Å². The van der Waals surface area contributed by atoms with Crippen LogP contribution in [0.1, 0.15) is 73.0 Å². The molecule has 0 N–H and O–H groups in total. The van der Waals surface area contributed by atoms with Gasteiger partial charge < -0.3 is 9.64 Å². The molecule has 4 rings (SSSR count). The Hall–Kier alpha value is -3.70. The lowest BCUT2D eigenvalue weighted by atomic mass is 9.88. The quantitative estimate of drug-likeness (QED) is 0.175. The lowest BCUT2D eigenvalue weighted by molar-refractivity contribution is 0.0294. The number of nitrogens with zero attached hydrogens (tertiary/aromatic N) is 2. The summed E-state index contributed by atoms with van der Waals surface area (Å²) in [6, 6.07) is 29.1. The van der Waals surface area contributed by atoms with Crippen molar-refractivity contribution in [1.29, 1.82) is 0 Å². The molecule has 1 fully saturated rings. The van der Waals surface area contributed by atoms with Gasteiger partial charge in [0.2, 0.25) is 0 Å². The Kier molecular flexibility index (Phi) is 11.1. The fourth-order valence-electron chi connectivity index (χ4n) is 5.45. The van der Waals surface area contributed by atoms with Crippen LogP contribution in [0.15, 0.2) is 97.1 Å². The second-order valence-corrected chi connectivity index (χ2v) is 12.5. The highest BCUT2D eigenvalue weighted by molar-refractivity contribution is 6.04. The minimum atomic E-state index is -0.523. The molecule has 5 nitrogen and oxygen atoms in total. The number of carbonyl (C=O) groups excluding carboxylic acids is 2. The van der Waals surface area contributed by atoms with Crippen LogP contribution in [0.4, 0.5) is 4.79 Å². The highest BCUT2D eigenvalue weighted by Crippen LogP contribution is 2.26. The van der Waals surface area contributed by atoms with E-state index in [0.717, 1.165) is 45.3 Å². The maximum absolute atomic E-state index is 13.0. The number of benzene rings is 3. The Labute approximate surface area is 252 Å². The first kappa shape index (κ1) is 31.2. The molecule has 0 bridgehead atoms. The summed E-state index contributed by atoms with van der Waals surface area (Å²) in [6.07, 6.45) is 7.38. The monoisotopic (exact) mass is 566 g/mol. The van der Waals surface area contributed by atoms with Crippen molar-refractivity contribution in [3.63, 3.8) is 0 Å². The number of hydrogen-bond acceptors (Lipinski definition) is 4. The minimum Gasteiger partial charge on any atom is -0.444 e. The van der Waals surface area contributed by atoms with Crippen molar-refractivity contribution in [2.24, 2.45) is 5.92 Å². The molecule has 0 aromatic heterocycles. The number of ketones is 1. The fourth-order valence-corrected chi connectivity index (χ4v) is 5.45. The highest BCUT2D eigenvalue weighted by atomic mass is 16.6.